The van der Waals surface area contributed by atoms with Gasteiger partial charge in [-0.3, -0.25) is 9.59 Å². The zero-order valence-electron chi connectivity index (χ0n) is 8.10. The van der Waals surface area contributed by atoms with Gasteiger partial charge in [0, 0.05) is 6.92 Å². The third kappa shape index (κ3) is 3.82. The number of Topliss-reactive ketones (excluding diaryl/α,β-unsaturated/α-hetero) is 1. The van der Waals surface area contributed by atoms with Crippen molar-refractivity contribution in [2.75, 3.05) is 6.61 Å². The average molecular weight is 205 g/mol. The molecule has 0 saturated carbocycles. The van der Waals surface area contributed by atoms with Crippen LogP contribution in [0, 0.1) is 0 Å². The SMILES string of the molecule is CC(=O)N[C@@H]([C@H](C)O)[C@H](O)C(=O)CO. The van der Waals surface area contributed by atoms with Gasteiger partial charge in [0.15, 0.2) is 5.78 Å². The van der Waals surface area contributed by atoms with E-state index in [0.29, 0.717) is 0 Å². The van der Waals surface area contributed by atoms with Crippen molar-refractivity contribution in [3.63, 3.8) is 0 Å². The van der Waals surface area contributed by atoms with Crippen LogP contribution in [0.25, 0.3) is 0 Å². The minimum absolute atomic E-state index is 0.472. The quantitative estimate of drug-likeness (QED) is 0.407. The molecule has 0 aromatic carbocycles. The Morgan fingerprint density at radius 1 is 1.36 bits per heavy atom. The van der Waals surface area contributed by atoms with Crippen molar-refractivity contribution >= 4 is 11.7 Å². The number of amides is 1. The van der Waals surface area contributed by atoms with Crippen LogP contribution in [0.3, 0.4) is 0 Å². The van der Waals surface area contributed by atoms with Gasteiger partial charge in [0.2, 0.25) is 5.91 Å². The number of aliphatic hydroxyl groups is 3. The molecule has 0 aromatic rings. The third-order valence-electron chi connectivity index (χ3n) is 1.72. The Balaban J connectivity index is 4.48. The molecule has 14 heavy (non-hydrogen) atoms. The number of hydrogen-bond donors (Lipinski definition) is 4. The van der Waals surface area contributed by atoms with Crippen molar-refractivity contribution in [1.82, 2.24) is 5.32 Å². The van der Waals surface area contributed by atoms with Crippen LogP contribution >= 0.6 is 0 Å². The highest BCUT2D eigenvalue weighted by Gasteiger charge is 2.29. The Kier molecular flexibility index (Phi) is 5.29. The van der Waals surface area contributed by atoms with E-state index in [1.165, 1.54) is 13.8 Å². The van der Waals surface area contributed by atoms with Crippen LogP contribution in [0.15, 0.2) is 0 Å². The number of ketones is 1. The van der Waals surface area contributed by atoms with Crippen molar-refractivity contribution in [3.05, 3.63) is 0 Å². The Labute approximate surface area is 81.5 Å². The second-order valence-corrected chi connectivity index (χ2v) is 3.04. The first-order valence-corrected chi connectivity index (χ1v) is 4.17. The number of carbonyl (C=O) groups excluding carboxylic acids is 2. The summed E-state index contributed by atoms with van der Waals surface area (Å²) in [6, 6.07) is -1.09. The first kappa shape index (κ1) is 13.0. The minimum atomic E-state index is -1.59. The van der Waals surface area contributed by atoms with E-state index in [1.54, 1.807) is 0 Å². The highest BCUT2D eigenvalue weighted by Crippen LogP contribution is 2.01. The van der Waals surface area contributed by atoms with Crippen molar-refractivity contribution < 1.29 is 24.9 Å². The topological polar surface area (TPSA) is 107 Å². The lowest BCUT2D eigenvalue weighted by atomic mass is 10.0. The lowest BCUT2D eigenvalue weighted by Gasteiger charge is -2.24. The van der Waals surface area contributed by atoms with Gasteiger partial charge in [0.25, 0.3) is 0 Å². The number of carbonyl (C=O) groups is 2. The third-order valence-corrected chi connectivity index (χ3v) is 1.72. The second kappa shape index (κ2) is 5.69. The predicted octanol–water partition coefficient (Wildman–Crippen LogP) is -2.21. The van der Waals surface area contributed by atoms with Gasteiger partial charge in [-0.15, -0.1) is 0 Å². The van der Waals surface area contributed by atoms with Gasteiger partial charge < -0.3 is 20.6 Å². The van der Waals surface area contributed by atoms with Gasteiger partial charge >= 0.3 is 0 Å². The Hall–Kier alpha value is -0.980. The molecule has 0 heterocycles. The summed E-state index contributed by atoms with van der Waals surface area (Å²) in [7, 11) is 0. The zero-order valence-corrected chi connectivity index (χ0v) is 8.10. The number of nitrogens with one attached hydrogen (secondary N) is 1. The summed E-state index contributed by atoms with van der Waals surface area (Å²) in [6.45, 7) is 1.70. The number of aliphatic hydroxyl groups excluding tert-OH is 3. The molecule has 0 aliphatic carbocycles. The van der Waals surface area contributed by atoms with Crippen LogP contribution in [0.4, 0.5) is 0 Å². The first-order valence-electron chi connectivity index (χ1n) is 4.17. The summed E-state index contributed by atoms with van der Waals surface area (Å²) in [6.07, 6.45) is -2.67. The van der Waals surface area contributed by atoms with Crippen LogP contribution in [0.2, 0.25) is 0 Å². The maximum Gasteiger partial charge on any atom is 0.217 e. The average Bonchev–Trinajstić information content (AvgIpc) is 2.11. The van der Waals surface area contributed by atoms with Gasteiger partial charge in [-0.1, -0.05) is 0 Å². The van der Waals surface area contributed by atoms with Crippen LogP contribution in [0.1, 0.15) is 13.8 Å². The van der Waals surface area contributed by atoms with E-state index in [2.05, 4.69) is 5.32 Å². The highest BCUT2D eigenvalue weighted by molar-refractivity contribution is 5.85. The van der Waals surface area contributed by atoms with E-state index in [1.807, 2.05) is 0 Å². The summed E-state index contributed by atoms with van der Waals surface area (Å²) in [4.78, 5) is 21.5. The van der Waals surface area contributed by atoms with Gasteiger partial charge in [-0.2, -0.15) is 0 Å². The van der Waals surface area contributed by atoms with E-state index in [4.69, 9.17) is 10.2 Å². The lowest BCUT2D eigenvalue weighted by Crippen LogP contribution is -2.52. The van der Waals surface area contributed by atoms with Gasteiger partial charge in [0.1, 0.15) is 12.7 Å². The molecular weight excluding hydrogens is 190 g/mol. The van der Waals surface area contributed by atoms with Gasteiger partial charge in [0.05, 0.1) is 12.1 Å². The van der Waals surface area contributed by atoms with Crippen LogP contribution < -0.4 is 5.32 Å². The van der Waals surface area contributed by atoms with Crippen molar-refractivity contribution in [2.24, 2.45) is 0 Å². The molecule has 0 spiro atoms. The fourth-order valence-corrected chi connectivity index (χ4v) is 0.992. The fourth-order valence-electron chi connectivity index (χ4n) is 0.992. The van der Waals surface area contributed by atoms with Gasteiger partial charge in [-0.25, -0.2) is 0 Å². The van der Waals surface area contributed by atoms with E-state index < -0.39 is 36.5 Å². The van der Waals surface area contributed by atoms with Crippen LogP contribution in [-0.4, -0.2) is 51.9 Å². The predicted molar refractivity (Wildman–Crippen MR) is 47.4 cm³/mol. The molecule has 0 rings (SSSR count). The maximum atomic E-state index is 10.9. The number of rotatable bonds is 5. The minimum Gasteiger partial charge on any atom is -0.391 e. The zero-order chi connectivity index (χ0) is 11.3. The van der Waals surface area contributed by atoms with Crippen LogP contribution in [-0.2, 0) is 9.59 Å². The molecule has 6 heteroatoms. The summed E-state index contributed by atoms with van der Waals surface area (Å²) in [5.74, 6) is -1.31. The van der Waals surface area contributed by atoms with Crippen LogP contribution in [0.5, 0.6) is 0 Å². The molecule has 0 aliphatic heterocycles. The Morgan fingerprint density at radius 2 is 1.86 bits per heavy atom. The fraction of sp³-hybridized carbons (Fsp3) is 0.750. The van der Waals surface area contributed by atoms with Gasteiger partial charge in [-0.05, 0) is 6.92 Å². The highest BCUT2D eigenvalue weighted by atomic mass is 16.3. The normalized spacial score (nSPS) is 16.9. The van der Waals surface area contributed by atoms with E-state index in [-0.39, 0.29) is 0 Å². The largest absolute Gasteiger partial charge is 0.391 e. The summed E-state index contributed by atoms with van der Waals surface area (Å²) < 4.78 is 0. The standard InChI is InChI=1S/C8H15NO5/c1-4(11)7(9-5(2)12)8(14)6(13)3-10/h4,7-8,10-11,14H,3H2,1-2H3,(H,9,12)/t4-,7-,8+/m0/s1. The summed E-state index contributed by atoms with van der Waals surface area (Å²) in [5.41, 5.74) is 0. The molecule has 0 aromatic heterocycles. The molecule has 0 bridgehead atoms. The molecule has 4 N–H and O–H groups in total. The Morgan fingerprint density at radius 3 is 2.14 bits per heavy atom. The molecule has 0 radical (unpaired) electrons. The van der Waals surface area contributed by atoms with Crippen molar-refractivity contribution in [2.45, 2.75) is 32.1 Å². The Bertz CT molecular complexity index is 216. The molecule has 0 unspecified atom stereocenters. The monoisotopic (exact) mass is 205 g/mol. The second-order valence-electron chi connectivity index (χ2n) is 3.04. The summed E-state index contributed by atoms with van der Waals surface area (Å²) in [5, 5.41) is 29.2. The molecule has 0 saturated heterocycles. The lowest BCUT2D eigenvalue weighted by molar-refractivity contribution is -0.134. The molecule has 1 amide bonds. The van der Waals surface area contributed by atoms with Crippen molar-refractivity contribution in [1.29, 1.82) is 0 Å². The molecule has 3 atom stereocenters. The number of hydrogen-bond acceptors (Lipinski definition) is 5. The molecular formula is C8H15NO5. The molecule has 0 aliphatic rings. The molecule has 82 valence electrons. The van der Waals surface area contributed by atoms with E-state index in [0.717, 1.165) is 0 Å². The van der Waals surface area contributed by atoms with Crippen molar-refractivity contribution in [3.8, 4) is 0 Å². The summed E-state index contributed by atoms with van der Waals surface area (Å²) >= 11 is 0. The molecule has 6 nitrogen and oxygen atoms in total. The maximum absolute atomic E-state index is 10.9. The first-order chi connectivity index (χ1) is 6.40. The molecule has 0 fully saturated rings. The smallest absolute Gasteiger partial charge is 0.217 e. The van der Waals surface area contributed by atoms with E-state index >= 15 is 0 Å². The van der Waals surface area contributed by atoms with E-state index in [9.17, 15) is 14.7 Å².